The van der Waals surface area contributed by atoms with Gasteiger partial charge in [0.25, 0.3) is 0 Å². The molecule has 1 aliphatic heterocycles. The summed E-state index contributed by atoms with van der Waals surface area (Å²) in [6, 6.07) is 11.6. The molecule has 1 heterocycles. The Bertz CT molecular complexity index is 1100. The molecule has 2 aromatic rings. The first-order valence-corrected chi connectivity index (χ1v) is 12.5. The second kappa shape index (κ2) is 10.8. The minimum Gasteiger partial charge on any atom is -0.497 e. The van der Waals surface area contributed by atoms with Crippen molar-refractivity contribution >= 4 is 27.5 Å². The van der Waals surface area contributed by atoms with Crippen LogP contribution in [0.3, 0.4) is 0 Å². The van der Waals surface area contributed by atoms with Gasteiger partial charge in [0.2, 0.25) is 10.0 Å². The molecule has 9 heteroatoms. The average Bonchev–Trinajstić information content (AvgIpc) is 2.82. The molecule has 0 aliphatic carbocycles. The molecule has 0 spiro atoms. The lowest BCUT2D eigenvalue weighted by atomic mass is 10.0. The van der Waals surface area contributed by atoms with Gasteiger partial charge in [-0.05, 0) is 74.6 Å². The van der Waals surface area contributed by atoms with E-state index in [4.69, 9.17) is 4.74 Å². The number of methoxy groups -OCH3 is 1. The Morgan fingerprint density at radius 3 is 2.48 bits per heavy atom. The van der Waals surface area contributed by atoms with E-state index in [1.807, 2.05) is 26.0 Å². The summed E-state index contributed by atoms with van der Waals surface area (Å²) in [5, 5.41) is 5.26. The monoisotopic (exact) mass is 473 g/mol. The van der Waals surface area contributed by atoms with E-state index in [-0.39, 0.29) is 17.5 Å². The van der Waals surface area contributed by atoms with Crippen LogP contribution in [-0.4, -0.2) is 50.8 Å². The molecule has 2 N–H and O–H groups in total. The van der Waals surface area contributed by atoms with Gasteiger partial charge in [0.05, 0.1) is 12.0 Å². The Balaban J connectivity index is 1.59. The highest BCUT2D eigenvalue weighted by Gasteiger charge is 2.33. The summed E-state index contributed by atoms with van der Waals surface area (Å²) >= 11 is 0. The van der Waals surface area contributed by atoms with Gasteiger partial charge in [-0.3, -0.25) is 9.59 Å². The van der Waals surface area contributed by atoms with Crippen LogP contribution in [0.15, 0.2) is 47.4 Å². The molecule has 1 unspecified atom stereocenters. The predicted octanol–water partition coefficient (Wildman–Crippen LogP) is 3.00. The number of carbonyl (C=O) groups excluding carboxylic acids is 2. The molecular formula is C24H31N3O5S. The van der Waals surface area contributed by atoms with Crippen LogP contribution in [0, 0.1) is 13.8 Å². The number of hydrogen-bond acceptors (Lipinski definition) is 5. The lowest BCUT2D eigenvalue weighted by molar-refractivity contribution is -0.136. The number of nitrogens with one attached hydrogen (secondary N) is 2. The summed E-state index contributed by atoms with van der Waals surface area (Å²) in [6.07, 6.45) is 2.84. The molecular weight excluding hydrogens is 442 g/mol. The van der Waals surface area contributed by atoms with Crippen molar-refractivity contribution in [3.63, 3.8) is 0 Å². The molecule has 1 saturated heterocycles. The zero-order valence-electron chi connectivity index (χ0n) is 19.3. The number of hydrogen-bond donors (Lipinski definition) is 2. The number of piperidine rings is 1. The van der Waals surface area contributed by atoms with Crippen LogP contribution in [0.25, 0.3) is 0 Å². The lowest BCUT2D eigenvalue weighted by Crippen LogP contribution is -2.45. The molecule has 3 rings (SSSR count). The van der Waals surface area contributed by atoms with E-state index >= 15 is 0 Å². The molecule has 0 bridgehead atoms. The SMILES string of the molecule is COc1ccc(S(=O)(=O)N2CCCCC2CCNC(=O)C(=O)Nc2cccc(C)c2C)cc1. The highest BCUT2D eigenvalue weighted by molar-refractivity contribution is 7.89. The Morgan fingerprint density at radius 1 is 1.06 bits per heavy atom. The zero-order valence-corrected chi connectivity index (χ0v) is 20.1. The fraction of sp³-hybridized carbons (Fsp3) is 0.417. The van der Waals surface area contributed by atoms with E-state index in [0.29, 0.717) is 30.8 Å². The molecule has 8 nitrogen and oxygen atoms in total. The smallest absolute Gasteiger partial charge is 0.313 e. The van der Waals surface area contributed by atoms with Gasteiger partial charge in [-0.15, -0.1) is 0 Å². The normalized spacial score (nSPS) is 16.8. The number of amides is 2. The maximum absolute atomic E-state index is 13.2. The number of anilines is 1. The molecule has 178 valence electrons. The average molecular weight is 474 g/mol. The molecule has 33 heavy (non-hydrogen) atoms. The van der Waals surface area contributed by atoms with Crippen LogP contribution in [-0.2, 0) is 19.6 Å². The van der Waals surface area contributed by atoms with Gasteiger partial charge in [0, 0.05) is 24.8 Å². The summed E-state index contributed by atoms with van der Waals surface area (Å²) < 4.78 is 33.0. The first-order chi connectivity index (χ1) is 15.7. The lowest BCUT2D eigenvalue weighted by Gasteiger charge is -2.34. The van der Waals surface area contributed by atoms with Crippen molar-refractivity contribution in [3.05, 3.63) is 53.6 Å². The highest BCUT2D eigenvalue weighted by atomic mass is 32.2. The minimum absolute atomic E-state index is 0.207. The maximum Gasteiger partial charge on any atom is 0.313 e. The van der Waals surface area contributed by atoms with E-state index in [2.05, 4.69) is 10.6 Å². The summed E-state index contributed by atoms with van der Waals surface area (Å²) in [5.74, 6) is -0.891. The van der Waals surface area contributed by atoms with Crippen molar-refractivity contribution in [2.75, 3.05) is 25.5 Å². The highest BCUT2D eigenvalue weighted by Crippen LogP contribution is 2.28. The fourth-order valence-electron chi connectivity index (χ4n) is 3.96. The van der Waals surface area contributed by atoms with Gasteiger partial charge >= 0.3 is 11.8 Å². The minimum atomic E-state index is -3.67. The number of benzene rings is 2. The van der Waals surface area contributed by atoms with Crippen LogP contribution in [0.4, 0.5) is 5.69 Å². The Morgan fingerprint density at radius 2 is 1.79 bits per heavy atom. The molecule has 1 aliphatic rings. The van der Waals surface area contributed by atoms with Crippen molar-refractivity contribution in [3.8, 4) is 5.75 Å². The number of ether oxygens (including phenoxy) is 1. The molecule has 2 amide bonds. The maximum atomic E-state index is 13.2. The molecule has 2 aromatic carbocycles. The second-order valence-electron chi connectivity index (χ2n) is 8.19. The Labute approximate surface area is 195 Å². The number of aryl methyl sites for hydroxylation is 1. The molecule has 1 fully saturated rings. The van der Waals surface area contributed by atoms with E-state index in [9.17, 15) is 18.0 Å². The number of sulfonamides is 1. The van der Waals surface area contributed by atoms with Gasteiger partial charge in [0.1, 0.15) is 5.75 Å². The molecule has 0 radical (unpaired) electrons. The molecule has 0 saturated carbocycles. The topological polar surface area (TPSA) is 105 Å². The fourth-order valence-corrected chi connectivity index (χ4v) is 5.68. The third-order valence-electron chi connectivity index (χ3n) is 6.06. The predicted molar refractivity (Wildman–Crippen MR) is 127 cm³/mol. The van der Waals surface area contributed by atoms with E-state index in [1.165, 1.54) is 11.4 Å². The van der Waals surface area contributed by atoms with Crippen LogP contribution in [0.1, 0.15) is 36.8 Å². The number of rotatable bonds is 7. The van der Waals surface area contributed by atoms with E-state index in [0.717, 1.165) is 24.0 Å². The number of nitrogens with zero attached hydrogens (tertiary/aromatic N) is 1. The standard InChI is InChI=1S/C24H31N3O5S/c1-17-7-6-9-22(18(17)2)26-24(29)23(28)25-15-14-19-8-4-5-16-27(19)33(30,31)21-12-10-20(32-3)11-13-21/h6-7,9-13,19H,4-5,8,14-16H2,1-3H3,(H,25,28)(H,26,29). The van der Waals surface area contributed by atoms with Crippen LogP contribution < -0.4 is 15.4 Å². The van der Waals surface area contributed by atoms with Gasteiger partial charge < -0.3 is 15.4 Å². The Kier molecular flexibility index (Phi) is 8.10. The first-order valence-electron chi connectivity index (χ1n) is 11.1. The van der Waals surface area contributed by atoms with Crippen molar-refractivity contribution in [2.24, 2.45) is 0 Å². The third-order valence-corrected chi connectivity index (χ3v) is 8.03. The molecule has 1 atom stereocenters. The molecule has 0 aromatic heterocycles. The van der Waals surface area contributed by atoms with E-state index < -0.39 is 21.8 Å². The third kappa shape index (κ3) is 5.91. The quantitative estimate of drug-likeness (QED) is 0.602. The largest absolute Gasteiger partial charge is 0.497 e. The second-order valence-corrected chi connectivity index (χ2v) is 10.1. The van der Waals surface area contributed by atoms with Gasteiger partial charge in [-0.2, -0.15) is 4.31 Å². The van der Waals surface area contributed by atoms with Crippen molar-refractivity contribution < 1.29 is 22.7 Å². The van der Waals surface area contributed by atoms with Gasteiger partial charge in [0.15, 0.2) is 0 Å². The summed E-state index contributed by atoms with van der Waals surface area (Å²) in [4.78, 5) is 24.8. The summed E-state index contributed by atoms with van der Waals surface area (Å²) in [6.45, 7) is 4.45. The zero-order chi connectivity index (χ0) is 24.0. The van der Waals surface area contributed by atoms with E-state index in [1.54, 1.807) is 30.3 Å². The van der Waals surface area contributed by atoms with Crippen LogP contribution in [0.2, 0.25) is 0 Å². The van der Waals surface area contributed by atoms with Crippen molar-refractivity contribution in [1.82, 2.24) is 9.62 Å². The van der Waals surface area contributed by atoms with Gasteiger partial charge in [-0.25, -0.2) is 8.42 Å². The Hall–Kier alpha value is -2.91. The van der Waals surface area contributed by atoms with Crippen LogP contribution >= 0.6 is 0 Å². The van der Waals surface area contributed by atoms with Crippen molar-refractivity contribution in [2.45, 2.75) is 50.5 Å². The number of carbonyl (C=O) groups is 2. The summed E-state index contributed by atoms with van der Waals surface area (Å²) in [7, 11) is -2.14. The summed E-state index contributed by atoms with van der Waals surface area (Å²) in [5.41, 5.74) is 2.52. The van der Waals surface area contributed by atoms with Crippen molar-refractivity contribution in [1.29, 1.82) is 0 Å². The first kappa shape index (κ1) is 24.7. The van der Waals surface area contributed by atoms with Gasteiger partial charge in [-0.1, -0.05) is 18.6 Å². The van der Waals surface area contributed by atoms with Crippen LogP contribution in [0.5, 0.6) is 5.75 Å².